The predicted octanol–water partition coefficient (Wildman–Crippen LogP) is 1.56. The van der Waals surface area contributed by atoms with Crippen LogP contribution in [0.4, 0.5) is 0 Å². The van der Waals surface area contributed by atoms with Crippen molar-refractivity contribution >= 4 is 0 Å². The van der Waals surface area contributed by atoms with Crippen LogP contribution >= 0.6 is 0 Å². The van der Waals surface area contributed by atoms with Crippen LogP contribution in [0.2, 0.25) is 0 Å². The number of rotatable bonds is 5. The summed E-state index contributed by atoms with van der Waals surface area (Å²) in [4.78, 5) is 6.75. The summed E-state index contributed by atoms with van der Waals surface area (Å²) in [6.07, 6.45) is 7.70. The topological polar surface area (TPSA) is 47.1 Å². The molecule has 2 rings (SSSR count). The molecule has 96 valence electrons. The van der Waals surface area contributed by atoms with Crippen LogP contribution in [0.1, 0.15) is 38.8 Å². The van der Waals surface area contributed by atoms with Gasteiger partial charge in [-0.15, -0.1) is 0 Å². The van der Waals surface area contributed by atoms with Gasteiger partial charge in [-0.25, -0.2) is 4.98 Å². The molecule has 0 amide bonds. The molecule has 2 N–H and O–H groups in total. The van der Waals surface area contributed by atoms with Crippen LogP contribution in [0.3, 0.4) is 0 Å². The SMILES string of the molecule is CC(C)(N)c1cncn1CCCN1CCCC1. The van der Waals surface area contributed by atoms with E-state index < -0.39 is 0 Å². The largest absolute Gasteiger partial charge is 0.333 e. The number of nitrogens with two attached hydrogens (primary N) is 1. The lowest BCUT2D eigenvalue weighted by molar-refractivity contribution is 0.322. The molecule has 0 atom stereocenters. The molecule has 0 bridgehead atoms. The Kier molecular flexibility index (Phi) is 3.84. The first-order valence-electron chi connectivity index (χ1n) is 6.59. The zero-order chi connectivity index (χ0) is 12.3. The fraction of sp³-hybridized carbons (Fsp3) is 0.769. The van der Waals surface area contributed by atoms with Crippen LogP contribution in [0.5, 0.6) is 0 Å². The van der Waals surface area contributed by atoms with E-state index in [1.807, 2.05) is 26.4 Å². The smallest absolute Gasteiger partial charge is 0.0948 e. The molecule has 0 radical (unpaired) electrons. The predicted molar refractivity (Wildman–Crippen MR) is 69.7 cm³/mol. The zero-order valence-corrected chi connectivity index (χ0v) is 11.0. The van der Waals surface area contributed by atoms with Gasteiger partial charge < -0.3 is 15.2 Å². The van der Waals surface area contributed by atoms with Crippen molar-refractivity contribution in [2.45, 2.75) is 45.2 Å². The number of aryl methyl sites for hydroxylation is 1. The maximum absolute atomic E-state index is 6.12. The Hall–Kier alpha value is -0.870. The summed E-state index contributed by atoms with van der Waals surface area (Å²) in [5.41, 5.74) is 6.95. The molecule has 1 fully saturated rings. The van der Waals surface area contributed by atoms with Crippen LogP contribution in [0, 0.1) is 0 Å². The second kappa shape index (κ2) is 5.19. The van der Waals surface area contributed by atoms with Crippen LogP contribution in [0.25, 0.3) is 0 Å². The highest BCUT2D eigenvalue weighted by Gasteiger charge is 2.19. The quantitative estimate of drug-likeness (QED) is 0.844. The second-order valence-electron chi connectivity index (χ2n) is 5.60. The fourth-order valence-corrected chi connectivity index (χ4v) is 2.51. The van der Waals surface area contributed by atoms with E-state index in [1.54, 1.807) is 0 Å². The normalized spacial score (nSPS) is 17.8. The van der Waals surface area contributed by atoms with Gasteiger partial charge in [-0.1, -0.05) is 0 Å². The van der Waals surface area contributed by atoms with Gasteiger partial charge in [0.2, 0.25) is 0 Å². The molecule has 1 saturated heterocycles. The van der Waals surface area contributed by atoms with Gasteiger partial charge in [0.15, 0.2) is 0 Å². The molecule has 0 spiro atoms. The van der Waals surface area contributed by atoms with Gasteiger partial charge in [-0.3, -0.25) is 0 Å². The summed E-state index contributed by atoms with van der Waals surface area (Å²) in [6, 6.07) is 0. The number of aromatic nitrogens is 2. The number of imidazole rings is 1. The van der Waals surface area contributed by atoms with Crippen LogP contribution in [-0.4, -0.2) is 34.1 Å². The molecule has 4 heteroatoms. The average Bonchev–Trinajstić information content (AvgIpc) is 2.86. The molecule has 0 unspecified atom stereocenters. The van der Waals surface area contributed by atoms with E-state index in [9.17, 15) is 0 Å². The van der Waals surface area contributed by atoms with E-state index in [-0.39, 0.29) is 5.54 Å². The Morgan fingerprint density at radius 1 is 1.29 bits per heavy atom. The van der Waals surface area contributed by atoms with Gasteiger partial charge in [0.05, 0.1) is 17.6 Å². The van der Waals surface area contributed by atoms with E-state index in [4.69, 9.17) is 5.73 Å². The van der Waals surface area contributed by atoms with Crippen molar-refractivity contribution in [1.82, 2.24) is 14.5 Å². The Morgan fingerprint density at radius 3 is 2.65 bits per heavy atom. The summed E-state index contributed by atoms with van der Waals surface area (Å²) in [6.45, 7) is 8.83. The van der Waals surface area contributed by atoms with Gasteiger partial charge in [0.1, 0.15) is 0 Å². The van der Waals surface area contributed by atoms with Gasteiger partial charge in [-0.05, 0) is 52.7 Å². The van der Waals surface area contributed by atoms with Crippen LogP contribution in [-0.2, 0) is 12.1 Å². The van der Waals surface area contributed by atoms with Crippen molar-refractivity contribution in [1.29, 1.82) is 0 Å². The van der Waals surface area contributed by atoms with Crippen molar-refractivity contribution in [2.24, 2.45) is 5.73 Å². The average molecular weight is 236 g/mol. The monoisotopic (exact) mass is 236 g/mol. The van der Waals surface area contributed by atoms with E-state index in [1.165, 1.54) is 38.9 Å². The van der Waals surface area contributed by atoms with E-state index in [2.05, 4.69) is 14.5 Å². The molecular formula is C13H24N4. The van der Waals surface area contributed by atoms with Crippen molar-refractivity contribution < 1.29 is 0 Å². The lowest BCUT2D eigenvalue weighted by atomic mass is 10.0. The third-order valence-electron chi connectivity index (χ3n) is 3.44. The number of nitrogens with zero attached hydrogens (tertiary/aromatic N) is 3. The molecule has 1 aromatic rings. The molecule has 2 heterocycles. The summed E-state index contributed by atoms with van der Waals surface area (Å²) in [5.74, 6) is 0. The Bertz CT molecular complexity index is 345. The lowest BCUT2D eigenvalue weighted by Gasteiger charge is -2.21. The molecule has 17 heavy (non-hydrogen) atoms. The highest BCUT2D eigenvalue weighted by molar-refractivity contribution is 5.09. The first kappa shape index (κ1) is 12.6. The number of likely N-dealkylation sites (tertiary alicyclic amines) is 1. The highest BCUT2D eigenvalue weighted by atomic mass is 15.1. The minimum absolute atomic E-state index is 0.301. The maximum atomic E-state index is 6.12. The van der Waals surface area contributed by atoms with E-state index in [0.717, 1.165) is 12.2 Å². The van der Waals surface area contributed by atoms with Crippen LogP contribution < -0.4 is 5.73 Å². The Balaban J connectivity index is 1.84. The van der Waals surface area contributed by atoms with Gasteiger partial charge in [-0.2, -0.15) is 0 Å². The first-order chi connectivity index (χ1) is 8.07. The molecule has 1 aliphatic rings. The third kappa shape index (κ3) is 3.30. The summed E-state index contributed by atoms with van der Waals surface area (Å²) >= 11 is 0. The molecular weight excluding hydrogens is 212 g/mol. The zero-order valence-electron chi connectivity index (χ0n) is 11.0. The molecule has 1 aliphatic heterocycles. The van der Waals surface area contributed by atoms with Crippen molar-refractivity contribution in [3.8, 4) is 0 Å². The number of hydrogen-bond donors (Lipinski definition) is 1. The fourth-order valence-electron chi connectivity index (χ4n) is 2.51. The standard InChI is InChI=1S/C13H24N4/c1-13(2,14)12-10-15-11-17(12)9-5-8-16-6-3-4-7-16/h10-11H,3-9,14H2,1-2H3. The van der Waals surface area contributed by atoms with Gasteiger partial charge >= 0.3 is 0 Å². The van der Waals surface area contributed by atoms with Gasteiger partial charge in [0.25, 0.3) is 0 Å². The molecule has 1 aromatic heterocycles. The van der Waals surface area contributed by atoms with Crippen molar-refractivity contribution in [2.75, 3.05) is 19.6 Å². The van der Waals surface area contributed by atoms with Crippen molar-refractivity contribution in [3.63, 3.8) is 0 Å². The van der Waals surface area contributed by atoms with E-state index in [0.29, 0.717) is 0 Å². The second-order valence-corrected chi connectivity index (χ2v) is 5.60. The van der Waals surface area contributed by atoms with Gasteiger partial charge in [0, 0.05) is 12.7 Å². The van der Waals surface area contributed by atoms with E-state index >= 15 is 0 Å². The molecule has 0 aromatic carbocycles. The van der Waals surface area contributed by atoms with Crippen molar-refractivity contribution in [3.05, 3.63) is 18.2 Å². The Labute approximate surface area is 104 Å². The summed E-state index contributed by atoms with van der Waals surface area (Å²) < 4.78 is 2.19. The summed E-state index contributed by atoms with van der Waals surface area (Å²) in [5, 5.41) is 0. The molecule has 0 saturated carbocycles. The maximum Gasteiger partial charge on any atom is 0.0948 e. The third-order valence-corrected chi connectivity index (χ3v) is 3.44. The van der Waals surface area contributed by atoms with Crippen LogP contribution in [0.15, 0.2) is 12.5 Å². The summed E-state index contributed by atoms with van der Waals surface area (Å²) in [7, 11) is 0. The first-order valence-corrected chi connectivity index (χ1v) is 6.59. The minimum atomic E-state index is -0.301. The molecule has 0 aliphatic carbocycles. The molecule has 4 nitrogen and oxygen atoms in total. The number of hydrogen-bond acceptors (Lipinski definition) is 3. The highest BCUT2D eigenvalue weighted by Crippen LogP contribution is 2.16. The lowest BCUT2D eigenvalue weighted by Crippen LogP contribution is -2.32. The Morgan fingerprint density at radius 2 is 2.00 bits per heavy atom. The minimum Gasteiger partial charge on any atom is -0.333 e.